The molecule has 1 unspecified atom stereocenters. The monoisotopic (exact) mass is 725 g/mol. The highest BCUT2D eigenvalue weighted by Crippen LogP contribution is 2.46. The molecule has 2 saturated heterocycles. The summed E-state index contributed by atoms with van der Waals surface area (Å²) < 4.78 is 37.5. The summed E-state index contributed by atoms with van der Waals surface area (Å²) in [5.74, 6) is -3.95. The van der Waals surface area contributed by atoms with Crippen molar-refractivity contribution in [3.05, 3.63) is 53.3 Å². The number of hydrogen-bond donors (Lipinski definition) is 9. The van der Waals surface area contributed by atoms with Gasteiger partial charge in [-0.3, -0.25) is 14.4 Å². The molecule has 0 amide bonds. The van der Waals surface area contributed by atoms with Crippen LogP contribution in [0, 0.1) is 0 Å². The molecule has 3 aliphatic heterocycles. The molecule has 3 heterocycles. The number of phenolic OH excluding ortho intramolecular Hbond substituents is 2. The van der Waals surface area contributed by atoms with Gasteiger partial charge in [-0.1, -0.05) is 0 Å². The Morgan fingerprint density at radius 1 is 0.745 bits per heavy atom. The largest absolute Gasteiger partial charge is 0.571 e. The van der Waals surface area contributed by atoms with E-state index >= 15 is 0 Å². The molecule has 19 nitrogen and oxygen atoms in total. The van der Waals surface area contributed by atoms with Gasteiger partial charge in [0, 0.05) is 19.1 Å². The number of aliphatic hydroxyl groups excluding tert-OH is 6. The van der Waals surface area contributed by atoms with Crippen molar-refractivity contribution in [2.24, 2.45) is 0 Å². The van der Waals surface area contributed by atoms with Crippen molar-refractivity contribution in [2.45, 2.75) is 80.9 Å². The second-order valence-electron chi connectivity index (χ2n) is 11.9. The molecular formula is C32H37O19+. The van der Waals surface area contributed by atoms with Crippen LogP contribution in [0.4, 0.5) is 0 Å². The third-order valence-electron chi connectivity index (χ3n) is 8.13. The van der Waals surface area contributed by atoms with E-state index in [-0.39, 0.29) is 34.3 Å². The van der Waals surface area contributed by atoms with Gasteiger partial charge < -0.3 is 79.1 Å². The van der Waals surface area contributed by atoms with E-state index in [2.05, 4.69) is 4.74 Å². The van der Waals surface area contributed by atoms with Gasteiger partial charge in [-0.05, 0) is 24.3 Å². The van der Waals surface area contributed by atoms with Crippen molar-refractivity contribution in [1.82, 2.24) is 0 Å². The van der Waals surface area contributed by atoms with Gasteiger partial charge in [0.1, 0.15) is 91.3 Å². The van der Waals surface area contributed by atoms with Crippen LogP contribution in [-0.4, -0.2) is 143 Å². The Morgan fingerprint density at radius 2 is 1.31 bits per heavy atom. The summed E-state index contributed by atoms with van der Waals surface area (Å²) in [6.07, 6.45) is -17.8. The lowest BCUT2D eigenvalue weighted by Crippen LogP contribution is -2.60. The molecule has 51 heavy (non-hydrogen) atoms. The highest BCUT2D eigenvalue weighted by Gasteiger charge is 2.48. The zero-order valence-corrected chi connectivity index (χ0v) is 26.7. The summed E-state index contributed by atoms with van der Waals surface area (Å²) in [6.45, 7) is -0.0969. The maximum absolute atomic E-state index is 11.8. The van der Waals surface area contributed by atoms with E-state index in [1.54, 1.807) is 0 Å². The van der Waals surface area contributed by atoms with Crippen molar-refractivity contribution in [2.75, 3.05) is 13.2 Å². The number of phenols is 2. The Morgan fingerprint density at radius 3 is 1.88 bits per heavy atom. The Hall–Kier alpha value is -4.73. The van der Waals surface area contributed by atoms with E-state index in [1.807, 2.05) is 0 Å². The summed E-state index contributed by atoms with van der Waals surface area (Å²) in [6, 6.07) is 8.08. The fourth-order valence-corrected chi connectivity index (χ4v) is 5.48. The van der Waals surface area contributed by atoms with E-state index in [4.69, 9.17) is 33.5 Å². The zero-order valence-electron chi connectivity index (χ0n) is 26.7. The number of carbonyl (C=O) groups is 3. The van der Waals surface area contributed by atoms with Crippen LogP contribution < -0.4 is 4.74 Å². The van der Waals surface area contributed by atoms with Gasteiger partial charge in [0.2, 0.25) is 12.6 Å². The predicted molar refractivity (Wildman–Crippen MR) is 164 cm³/mol. The maximum atomic E-state index is 11.8. The molecule has 3 aliphatic rings. The average molecular weight is 726 g/mol. The van der Waals surface area contributed by atoms with Crippen LogP contribution in [0.3, 0.4) is 0 Å². The van der Waals surface area contributed by atoms with Crippen LogP contribution in [0.25, 0.3) is 6.08 Å². The Bertz CT molecular complexity index is 1610. The third-order valence-corrected chi connectivity index (χ3v) is 8.13. The molecule has 0 bridgehead atoms. The Labute approximate surface area is 288 Å². The van der Waals surface area contributed by atoms with E-state index in [9.17, 15) is 55.2 Å². The number of carbonyl (C=O) groups excluding carboxylic acids is 2. The standard InChI is InChI=1S/C32H36O19/c1-12(33)45-10-20-24(39)26(41)28(43)31(50-20)48-18-7-15(35)6-17-16(18)8-19(30(47-17)13-2-4-14(34)5-3-13)49-32-29(44)27(42)25(40)21(51-32)11-46-23(38)9-22(36)37/h2-8,20-21,24-32,34-35,39-44H,9-11H2,1H3,(H,36,37)/p+1/t20-,21+,24-,25-,26-,27-,28+,29-,30?,31+,32+/m0/s1. The first-order valence-corrected chi connectivity index (χ1v) is 15.4. The summed E-state index contributed by atoms with van der Waals surface area (Å²) in [7, 11) is 0. The van der Waals surface area contributed by atoms with E-state index in [1.165, 1.54) is 36.4 Å². The summed E-state index contributed by atoms with van der Waals surface area (Å²) in [5.41, 5.74) is 0.507. The number of esters is 2. The fourth-order valence-electron chi connectivity index (χ4n) is 5.48. The summed E-state index contributed by atoms with van der Waals surface area (Å²) in [5, 5.41) is 92.7. The van der Waals surface area contributed by atoms with Crippen molar-refractivity contribution < 1.29 is 93.5 Å². The maximum Gasteiger partial charge on any atom is 0.317 e. The number of ether oxygens (including phenoxy) is 7. The lowest BCUT2D eigenvalue weighted by molar-refractivity contribution is -0.296. The van der Waals surface area contributed by atoms with E-state index < -0.39 is 105 Å². The number of carboxylic acid groups (broad SMARTS) is 1. The molecule has 5 rings (SSSR count). The smallest absolute Gasteiger partial charge is 0.317 e. The highest BCUT2D eigenvalue weighted by atomic mass is 16.7. The summed E-state index contributed by atoms with van der Waals surface area (Å²) in [4.78, 5) is 34.0. The molecular weight excluding hydrogens is 688 g/mol. The lowest BCUT2D eigenvalue weighted by atomic mass is 9.98. The molecule has 0 spiro atoms. The molecule has 0 aliphatic carbocycles. The number of aliphatic hydroxyl groups is 7. The molecule has 2 fully saturated rings. The highest BCUT2D eigenvalue weighted by molar-refractivity contribution is 5.90. The van der Waals surface area contributed by atoms with Crippen molar-refractivity contribution >= 4 is 24.0 Å². The summed E-state index contributed by atoms with van der Waals surface area (Å²) >= 11 is 0. The predicted octanol–water partition coefficient (Wildman–Crippen LogP) is -1.97. The molecule has 278 valence electrons. The topological polar surface area (TPSA) is 301 Å². The number of rotatable bonds is 11. The number of aromatic hydroxyl groups is 3. The number of hydrogen-bond acceptors (Lipinski definition) is 17. The first-order valence-electron chi connectivity index (χ1n) is 15.4. The SMILES string of the molecule is CC(=O)OC[C@@H]1O[C@@H](Oc2cc(O)cc3c2C=C(O[C@@H]2O[C@H](COC(=O)CC(=O)O)[C@H](O)[C@H](O)[C@@H]2O)C(c2ccc(O)cc2)[OH+]3)[C@H](O)[C@@H](O)[C@H]1O. The normalized spacial score (nSPS) is 31.7. The minimum absolute atomic E-state index is 0.0801. The van der Waals surface area contributed by atoms with Crippen LogP contribution in [0.1, 0.15) is 30.6 Å². The molecule has 10 N–H and O–H groups in total. The fraction of sp³-hybridized carbons (Fsp3) is 0.469. The number of aliphatic carboxylic acids is 1. The van der Waals surface area contributed by atoms with Gasteiger partial charge in [0.15, 0.2) is 5.76 Å². The van der Waals surface area contributed by atoms with Gasteiger partial charge >= 0.3 is 17.9 Å². The molecule has 0 saturated carbocycles. The minimum atomic E-state index is -1.89. The van der Waals surface area contributed by atoms with Gasteiger partial charge in [-0.25, -0.2) is 0 Å². The van der Waals surface area contributed by atoms with Gasteiger partial charge in [-0.15, -0.1) is 0 Å². The van der Waals surface area contributed by atoms with Crippen LogP contribution in [0.15, 0.2) is 42.2 Å². The first kappa shape index (κ1) is 37.5. The first-order chi connectivity index (χ1) is 24.1. The molecule has 0 aromatic heterocycles. The van der Waals surface area contributed by atoms with E-state index in [0.29, 0.717) is 5.56 Å². The van der Waals surface area contributed by atoms with Gasteiger partial charge in [0.05, 0.1) is 11.6 Å². The van der Waals surface area contributed by atoms with E-state index in [0.717, 1.165) is 13.0 Å². The Kier molecular flexibility index (Phi) is 11.5. The number of carboxylic acids is 1. The molecule has 2 aromatic rings. The third kappa shape index (κ3) is 8.60. The molecule has 19 heteroatoms. The van der Waals surface area contributed by atoms with Gasteiger partial charge in [0.25, 0.3) is 11.9 Å². The number of fused-ring (bicyclic) bond motifs is 1. The number of benzene rings is 2. The van der Waals surface area contributed by atoms with Crippen LogP contribution in [0.2, 0.25) is 0 Å². The second kappa shape index (κ2) is 15.7. The van der Waals surface area contributed by atoms with Crippen molar-refractivity contribution in [3.63, 3.8) is 0 Å². The Balaban J connectivity index is 1.47. The zero-order chi connectivity index (χ0) is 37.1. The van der Waals surface area contributed by atoms with Crippen molar-refractivity contribution in [3.8, 4) is 23.0 Å². The lowest BCUT2D eigenvalue weighted by Gasteiger charge is -2.41. The molecule has 11 atom stereocenters. The van der Waals surface area contributed by atoms with Gasteiger partial charge in [-0.2, -0.15) is 0 Å². The van der Waals surface area contributed by atoms with Crippen LogP contribution >= 0.6 is 0 Å². The van der Waals surface area contributed by atoms with Crippen LogP contribution in [-0.2, 0) is 38.1 Å². The van der Waals surface area contributed by atoms with Crippen molar-refractivity contribution in [1.29, 1.82) is 0 Å². The molecule has 2 aromatic carbocycles. The quantitative estimate of drug-likeness (QED) is 0.0689. The minimum Gasteiger partial charge on any atom is -0.571 e. The van der Waals surface area contributed by atoms with Crippen LogP contribution in [0.5, 0.6) is 23.0 Å². The average Bonchev–Trinajstić information content (AvgIpc) is 3.07. The second-order valence-corrected chi connectivity index (χ2v) is 11.9. The molecule has 0 radical (unpaired) electrons.